The van der Waals surface area contributed by atoms with Gasteiger partial charge in [-0.15, -0.1) is 0 Å². The summed E-state index contributed by atoms with van der Waals surface area (Å²) in [5.41, 5.74) is 4.11. The second-order valence-corrected chi connectivity index (χ2v) is 7.54. The fraction of sp³-hybridized carbons (Fsp3) is 0.600. The molecule has 4 nitrogen and oxygen atoms in total. The zero-order valence-electron chi connectivity index (χ0n) is 12.8. The molecule has 6 heteroatoms. The number of methoxy groups -OCH3 is 2. The molecule has 3 N–H and O–H groups in total. The number of nitrogens with one attached hydrogen (secondary N) is 1. The van der Waals surface area contributed by atoms with E-state index in [0.717, 1.165) is 23.5 Å². The number of rotatable bonds is 6. The summed E-state index contributed by atoms with van der Waals surface area (Å²) in [5.74, 6) is 9.89. The van der Waals surface area contributed by atoms with Crippen molar-refractivity contribution < 1.29 is 9.47 Å². The largest absolute Gasteiger partial charge is 0.497 e. The van der Waals surface area contributed by atoms with Gasteiger partial charge in [-0.1, -0.05) is 6.92 Å². The molecule has 0 aromatic heterocycles. The van der Waals surface area contributed by atoms with Crippen molar-refractivity contribution >= 4 is 23.5 Å². The van der Waals surface area contributed by atoms with Crippen LogP contribution >= 0.6 is 23.5 Å². The van der Waals surface area contributed by atoms with Gasteiger partial charge in [0.05, 0.1) is 20.3 Å². The first-order chi connectivity index (χ1) is 10.2. The quantitative estimate of drug-likeness (QED) is 0.619. The van der Waals surface area contributed by atoms with Crippen molar-refractivity contribution in [3.05, 3.63) is 23.8 Å². The topological polar surface area (TPSA) is 56.5 Å². The van der Waals surface area contributed by atoms with E-state index < -0.39 is 0 Å². The lowest BCUT2D eigenvalue weighted by molar-refractivity contribution is 0.382. The van der Waals surface area contributed by atoms with Crippen LogP contribution in [0.1, 0.15) is 24.9 Å². The van der Waals surface area contributed by atoms with Crippen molar-refractivity contribution in [2.45, 2.75) is 29.9 Å². The number of nitrogens with two attached hydrogens (primary N) is 1. The van der Waals surface area contributed by atoms with E-state index in [1.807, 2.05) is 35.7 Å². The van der Waals surface area contributed by atoms with Gasteiger partial charge in [0.15, 0.2) is 0 Å². The van der Waals surface area contributed by atoms with E-state index in [0.29, 0.717) is 10.5 Å². The third-order valence-electron chi connectivity index (χ3n) is 3.78. The summed E-state index contributed by atoms with van der Waals surface area (Å²) in [4.78, 5) is 0. The molecular formula is C15H24N2O2S2. The highest BCUT2D eigenvalue weighted by Crippen LogP contribution is 2.42. The number of thioether (sulfide) groups is 2. The molecule has 3 unspecified atom stereocenters. The molecule has 0 spiro atoms. The molecule has 0 bridgehead atoms. The Labute approximate surface area is 135 Å². The van der Waals surface area contributed by atoms with Crippen molar-refractivity contribution in [2.24, 2.45) is 5.84 Å². The van der Waals surface area contributed by atoms with E-state index in [-0.39, 0.29) is 6.04 Å². The van der Waals surface area contributed by atoms with Crippen LogP contribution in [0.5, 0.6) is 11.5 Å². The summed E-state index contributed by atoms with van der Waals surface area (Å²) in [7, 11) is 3.35. The van der Waals surface area contributed by atoms with Gasteiger partial charge in [0.2, 0.25) is 0 Å². The molecule has 21 heavy (non-hydrogen) atoms. The molecular weight excluding hydrogens is 304 g/mol. The van der Waals surface area contributed by atoms with Crippen LogP contribution in [0.25, 0.3) is 0 Å². The number of hydrogen-bond donors (Lipinski definition) is 2. The van der Waals surface area contributed by atoms with Gasteiger partial charge in [-0.3, -0.25) is 11.3 Å². The molecule has 0 aliphatic carbocycles. The third-order valence-corrected chi connectivity index (χ3v) is 7.13. The second-order valence-electron chi connectivity index (χ2n) is 4.91. The van der Waals surface area contributed by atoms with Crippen LogP contribution in [0.4, 0.5) is 0 Å². The van der Waals surface area contributed by atoms with Crippen molar-refractivity contribution in [2.75, 3.05) is 25.7 Å². The molecule has 0 radical (unpaired) electrons. The van der Waals surface area contributed by atoms with E-state index >= 15 is 0 Å². The Morgan fingerprint density at radius 1 is 1.29 bits per heavy atom. The highest BCUT2D eigenvalue weighted by Gasteiger charge is 2.34. The normalized spacial score (nSPS) is 23.6. The summed E-state index contributed by atoms with van der Waals surface area (Å²) in [6.45, 7) is 2.25. The average Bonchev–Trinajstić information content (AvgIpc) is 2.56. The van der Waals surface area contributed by atoms with Gasteiger partial charge in [0, 0.05) is 33.6 Å². The minimum atomic E-state index is 0.0774. The van der Waals surface area contributed by atoms with Crippen molar-refractivity contribution in [3.63, 3.8) is 0 Å². The maximum Gasteiger partial charge on any atom is 0.127 e. The summed E-state index contributed by atoms with van der Waals surface area (Å²) < 4.78 is 10.8. The number of benzene rings is 1. The van der Waals surface area contributed by atoms with Crippen LogP contribution in [-0.4, -0.2) is 36.2 Å². The maximum atomic E-state index is 5.89. The molecule has 1 aliphatic heterocycles. The van der Waals surface area contributed by atoms with E-state index in [1.54, 1.807) is 14.2 Å². The molecule has 0 amide bonds. The van der Waals surface area contributed by atoms with Gasteiger partial charge in [0.1, 0.15) is 11.5 Å². The minimum Gasteiger partial charge on any atom is -0.497 e. The Kier molecular flexibility index (Phi) is 6.54. The van der Waals surface area contributed by atoms with Crippen LogP contribution in [0, 0.1) is 0 Å². The smallest absolute Gasteiger partial charge is 0.127 e. The van der Waals surface area contributed by atoms with E-state index in [9.17, 15) is 0 Å². The Hall–Kier alpha value is -0.560. The lowest BCUT2D eigenvalue weighted by Crippen LogP contribution is -2.41. The molecule has 1 aromatic rings. The van der Waals surface area contributed by atoms with E-state index in [1.165, 1.54) is 11.5 Å². The second kappa shape index (κ2) is 8.17. The summed E-state index contributed by atoms with van der Waals surface area (Å²) >= 11 is 4.05. The standard InChI is InChI=1S/C15H24N2O2S2/c1-4-13-15(21-8-7-20-13)14(17-16)11-6-5-10(18-2)9-12(11)19-3/h5-6,9,13-15,17H,4,7-8,16H2,1-3H3. The maximum absolute atomic E-state index is 5.89. The number of hydrazine groups is 1. The molecule has 1 heterocycles. The molecule has 0 saturated carbocycles. The Morgan fingerprint density at radius 2 is 2.05 bits per heavy atom. The average molecular weight is 329 g/mol. The molecule has 3 atom stereocenters. The van der Waals surface area contributed by atoms with Gasteiger partial charge < -0.3 is 9.47 Å². The first kappa shape index (κ1) is 16.8. The lowest BCUT2D eigenvalue weighted by atomic mass is 9.99. The Morgan fingerprint density at radius 3 is 2.67 bits per heavy atom. The zero-order chi connectivity index (χ0) is 15.2. The third kappa shape index (κ3) is 3.80. The fourth-order valence-corrected chi connectivity index (χ4v) is 5.91. The number of hydrogen-bond acceptors (Lipinski definition) is 6. The monoisotopic (exact) mass is 328 g/mol. The minimum absolute atomic E-state index is 0.0774. The summed E-state index contributed by atoms with van der Waals surface area (Å²) in [5, 5.41) is 1.05. The van der Waals surface area contributed by atoms with Crippen LogP contribution in [0.3, 0.4) is 0 Å². The van der Waals surface area contributed by atoms with Crippen LogP contribution in [0.2, 0.25) is 0 Å². The van der Waals surface area contributed by atoms with Gasteiger partial charge in [0.25, 0.3) is 0 Å². The predicted molar refractivity (Wildman–Crippen MR) is 92.4 cm³/mol. The highest BCUT2D eigenvalue weighted by molar-refractivity contribution is 8.07. The van der Waals surface area contributed by atoms with Gasteiger partial charge in [-0.2, -0.15) is 23.5 Å². The molecule has 1 saturated heterocycles. The molecule has 1 aromatic carbocycles. The summed E-state index contributed by atoms with van der Waals surface area (Å²) in [6.07, 6.45) is 1.15. The fourth-order valence-electron chi connectivity index (χ4n) is 2.68. The summed E-state index contributed by atoms with van der Waals surface area (Å²) in [6, 6.07) is 6.01. The van der Waals surface area contributed by atoms with Gasteiger partial charge in [-0.25, -0.2) is 0 Å². The molecule has 118 valence electrons. The Balaban J connectivity index is 2.31. The van der Waals surface area contributed by atoms with Crippen LogP contribution in [-0.2, 0) is 0 Å². The molecule has 2 rings (SSSR count). The van der Waals surface area contributed by atoms with Crippen molar-refractivity contribution in [1.29, 1.82) is 0 Å². The zero-order valence-corrected chi connectivity index (χ0v) is 14.4. The van der Waals surface area contributed by atoms with Crippen molar-refractivity contribution in [1.82, 2.24) is 5.43 Å². The molecule has 1 fully saturated rings. The van der Waals surface area contributed by atoms with E-state index in [4.69, 9.17) is 15.3 Å². The predicted octanol–water partition coefficient (Wildman–Crippen LogP) is 2.84. The van der Waals surface area contributed by atoms with Gasteiger partial charge >= 0.3 is 0 Å². The van der Waals surface area contributed by atoms with E-state index in [2.05, 4.69) is 18.4 Å². The Bertz CT molecular complexity index is 459. The first-order valence-electron chi connectivity index (χ1n) is 7.16. The molecule has 1 aliphatic rings. The lowest BCUT2D eigenvalue weighted by Gasteiger charge is -2.36. The SMILES string of the molecule is CCC1SCCSC1C(NN)c1ccc(OC)cc1OC. The number of ether oxygens (including phenoxy) is 2. The van der Waals surface area contributed by atoms with Gasteiger partial charge in [-0.05, 0) is 18.6 Å². The van der Waals surface area contributed by atoms with Crippen LogP contribution < -0.4 is 20.7 Å². The van der Waals surface area contributed by atoms with Crippen LogP contribution in [0.15, 0.2) is 18.2 Å². The first-order valence-corrected chi connectivity index (χ1v) is 9.26. The highest BCUT2D eigenvalue weighted by atomic mass is 32.2. The van der Waals surface area contributed by atoms with Crippen molar-refractivity contribution in [3.8, 4) is 11.5 Å².